The monoisotopic (exact) mass is 632 g/mol. The molecule has 3 aliphatic rings. The molecule has 0 saturated carbocycles. The quantitative estimate of drug-likeness (QED) is 0.127. The molecule has 0 amide bonds. The van der Waals surface area contributed by atoms with E-state index in [9.17, 15) is 0 Å². The van der Waals surface area contributed by atoms with Crippen LogP contribution < -0.4 is 0 Å². The van der Waals surface area contributed by atoms with Crippen LogP contribution in [-0.2, 0) is 0 Å². The highest BCUT2D eigenvalue weighted by Gasteiger charge is 2.38. The van der Waals surface area contributed by atoms with Gasteiger partial charge in [-0.25, -0.2) is 0 Å². The van der Waals surface area contributed by atoms with Gasteiger partial charge >= 0.3 is 0 Å². The van der Waals surface area contributed by atoms with Crippen LogP contribution in [0.15, 0.2) is 182 Å². The van der Waals surface area contributed by atoms with Crippen molar-refractivity contribution in [1.29, 1.82) is 5.41 Å². The number of nitrogens with zero attached hydrogens (tertiary/aromatic N) is 1. The molecule has 2 nitrogen and oxygen atoms in total. The third-order valence-corrected chi connectivity index (χ3v) is 10.0. The van der Waals surface area contributed by atoms with Crippen molar-refractivity contribution in [2.45, 2.75) is 31.2 Å². The number of nitrogens with one attached hydrogen (secondary N) is 1. The van der Waals surface area contributed by atoms with Crippen molar-refractivity contribution in [3.8, 4) is 0 Å². The average Bonchev–Trinajstić information content (AvgIpc) is 3.99. The molecule has 1 aliphatic heterocycles. The van der Waals surface area contributed by atoms with Crippen molar-refractivity contribution in [1.82, 2.24) is 4.90 Å². The van der Waals surface area contributed by atoms with Gasteiger partial charge in [0.15, 0.2) is 0 Å². The maximum atomic E-state index is 8.93. The lowest BCUT2D eigenvalue weighted by Gasteiger charge is -2.29. The van der Waals surface area contributed by atoms with Crippen molar-refractivity contribution < 1.29 is 0 Å². The molecule has 0 spiro atoms. The Bertz CT molecular complexity index is 2100. The molecule has 8 rings (SSSR count). The first kappa shape index (κ1) is 30.6. The zero-order valence-corrected chi connectivity index (χ0v) is 27.7. The SMILES string of the molecule is N=C(/C=C(/c1ccccc1)N1CC1c1ccc(C2=C(c3ccccc3)CC(c3ccccc3)C=C2c2ccccc2)cc1)C1=CC=CCC1. The highest BCUT2D eigenvalue weighted by atomic mass is 15.3. The van der Waals surface area contributed by atoms with Crippen LogP contribution >= 0.6 is 0 Å². The minimum atomic E-state index is 0.286. The predicted octanol–water partition coefficient (Wildman–Crippen LogP) is 11.6. The van der Waals surface area contributed by atoms with E-state index in [1.807, 2.05) is 0 Å². The lowest BCUT2D eigenvalue weighted by atomic mass is 9.75. The number of rotatable bonds is 9. The van der Waals surface area contributed by atoms with E-state index in [0.717, 1.165) is 42.6 Å². The summed E-state index contributed by atoms with van der Waals surface area (Å²) in [6, 6.07) is 52.9. The molecule has 2 heteroatoms. The Labute approximate surface area is 290 Å². The molecule has 0 radical (unpaired) electrons. The summed E-state index contributed by atoms with van der Waals surface area (Å²) in [4.78, 5) is 2.44. The first-order valence-electron chi connectivity index (χ1n) is 17.4. The standard InChI is InChI=1S/C47H40N2/c48-44(37-22-12-4-13-23-37)32-45(38-24-14-5-15-25-38)49-33-46(49)39-26-28-40(29-27-39)47-42(35-18-8-2-9-19-35)30-41(34-16-6-1-7-17-34)31-43(47)36-20-10-3-11-21-36/h1-12,14-22,24-30,32,41,46,48H,13,23,31,33H2/b45-32-,48-44?. The minimum absolute atomic E-state index is 0.286. The summed E-state index contributed by atoms with van der Waals surface area (Å²) in [6.07, 6.45) is 13.8. The third-order valence-electron chi connectivity index (χ3n) is 10.0. The first-order chi connectivity index (χ1) is 24.2. The summed E-state index contributed by atoms with van der Waals surface area (Å²) in [7, 11) is 0. The molecular formula is C47H40N2. The van der Waals surface area contributed by atoms with Gasteiger partial charge in [-0.15, -0.1) is 0 Å². The van der Waals surface area contributed by atoms with Gasteiger partial charge in [-0.3, -0.25) is 0 Å². The van der Waals surface area contributed by atoms with Crippen LogP contribution in [0, 0.1) is 5.41 Å². The molecule has 2 aliphatic carbocycles. The van der Waals surface area contributed by atoms with E-state index in [1.165, 1.54) is 44.5 Å². The van der Waals surface area contributed by atoms with Crippen molar-refractivity contribution >= 4 is 28.1 Å². The number of benzene rings is 5. The molecule has 0 aromatic heterocycles. The molecule has 1 fully saturated rings. The maximum absolute atomic E-state index is 8.93. The van der Waals surface area contributed by atoms with E-state index in [-0.39, 0.29) is 12.0 Å². The van der Waals surface area contributed by atoms with Crippen molar-refractivity contribution in [2.24, 2.45) is 0 Å². The summed E-state index contributed by atoms with van der Waals surface area (Å²) in [5, 5.41) is 8.93. The van der Waals surface area contributed by atoms with E-state index in [0.29, 0.717) is 5.71 Å². The van der Waals surface area contributed by atoms with E-state index < -0.39 is 0 Å². The third kappa shape index (κ3) is 6.55. The van der Waals surface area contributed by atoms with Gasteiger partial charge in [0.2, 0.25) is 0 Å². The zero-order valence-electron chi connectivity index (χ0n) is 27.7. The van der Waals surface area contributed by atoms with Gasteiger partial charge in [-0.1, -0.05) is 170 Å². The Kier molecular flexibility index (Phi) is 8.61. The summed E-state index contributed by atoms with van der Waals surface area (Å²) in [5.41, 5.74) is 14.4. The van der Waals surface area contributed by atoms with E-state index in [2.05, 4.69) is 181 Å². The fraction of sp³-hybridized carbons (Fsp3) is 0.128. The lowest BCUT2D eigenvalue weighted by molar-refractivity contribution is 0.724. The molecule has 49 heavy (non-hydrogen) atoms. The highest BCUT2D eigenvalue weighted by Crippen LogP contribution is 2.48. The van der Waals surface area contributed by atoms with Crippen LogP contribution in [0.1, 0.15) is 64.6 Å². The van der Waals surface area contributed by atoms with Gasteiger partial charge in [-0.05, 0) is 81.0 Å². The first-order valence-corrected chi connectivity index (χ1v) is 17.4. The largest absolute Gasteiger partial charge is 0.360 e. The average molecular weight is 633 g/mol. The maximum Gasteiger partial charge on any atom is 0.0719 e. The summed E-state index contributed by atoms with van der Waals surface area (Å²) in [5.74, 6) is 0.289. The van der Waals surface area contributed by atoms with Gasteiger partial charge in [0.1, 0.15) is 0 Å². The molecule has 0 bridgehead atoms. The Morgan fingerprint density at radius 1 is 0.653 bits per heavy atom. The fourth-order valence-electron chi connectivity index (χ4n) is 7.39. The number of allylic oxidation sites excluding steroid dienone is 9. The minimum Gasteiger partial charge on any atom is -0.360 e. The zero-order chi connectivity index (χ0) is 33.0. The molecule has 1 N–H and O–H groups in total. The van der Waals surface area contributed by atoms with Gasteiger partial charge in [0, 0.05) is 18.2 Å². The smallest absolute Gasteiger partial charge is 0.0719 e. The van der Waals surface area contributed by atoms with Crippen LogP contribution in [0.4, 0.5) is 0 Å². The van der Waals surface area contributed by atoms with E-state index in [4.69, 9.17) is 5.41 Å². The number of hydrogen-bond acceptors (Lipinski definition) is 2. The van der Waals surface area contributed by atoms with Crippen LogP contribution in [-0.4, -0.2) is 17.2 Å². The van der Waals surface area contributed by atoms with Crippen molar-refractivity contribution in [2.75, 3.05) is 6.54 Å². The second kappa shape index (κ2) is 13.8. The molecule has 5 aromatic carbocycles. The summed E-state index contributed by atoms with van der Waals surface area (Å²) < 4.78 is 0. The van der Waals surface area contributed by atoms with Gasteiger partial charge in [-0.2, -0.15) is 0 Å². The van der Waals surface area contributed by atoms with E-state index >= 15 is 0 Å². The van der Waals surface area contributed by atoms with Gasteiger partial charge in [0.25, 0.3) is 0 Å². The molecule has 1 heterocycles. The van der Waals surface area contributed by atoms with Gasteiger partial charge < -0.3 is 10.3 Å². The van der Waals surface area contributed by atoms with E-state index in [1.54, 1.807) is 0 Å². The lowest BCUT2D eigenvalue weighted by Crippen LogP contribution is -2.08. The summed E-state index contributed by atoms with van der Waals surface area (Å²) >= 11 is 0. The Balaban J connectivity index is 1.16. The van der Waals surface area contributed by atoms with Crippen molar-refractivity contribution in [3.05, 3.63) is 215 Å². The Morgan fingerprint density at radius 3 is 1.94 bits per heavy atom. The van der Waals surface area contributed by atoms with Crippen LogP contribution in [0.25, 0.3) is 22.4 Å². The topological polar surface area (TPSA) is 26.9 Å². The molecular weight excluding hydrogens is 593 g/mol. The molecule has 238 valence electrons. The fourth-order valence-corrected chi connectivity index (χ4v) is 7.39. The second-order valence-corrected chi connectivity index (χ2v) is 13.1. The Morgan fingerprint density at radius 2 is 1.29 bits per heavy atom. The normalized spacial score (nSPS) is 18.9. The van der Waals surface area contributed by atoms with Crippen LogP contribution in [0.2, 0.25) is 0 Å². The summed E-state index contributed by atoms with van der Waals surface area (Å²) in [6.45, 7) is 0.943. The molecule has 5 aromatic rings. The number of hydrogen-bond donors (Lipinski definition) is 1. The van der Waals surface area contributed by atoms with Crippen LogP contribution in [0.5, 0.6) is 0 Å². The molecule has 2 atom stereocenters. The highest BCUT2D eigenvalue weighted by molar-refractivity contribution is 6.16. The van der Waals surface area contributed by atoms with Crippen molar-refractivity contribution in [3.63, 3.8) is 0 Å². The predicted molar refractivity (Wildman–Crippen MR) is 206 cm³/mol. The van der Waals surface area contributed by atoms with Gasteiger partial charge in [0.05, 0.1) is 11.8 Å². The second-order valence-electron chi connectivity index (χ2n) is 13.1. The molecule has 1 saturated heterocycles. The Hall–Kier alpha value is -5.73. The van der Waals surface area contributed by atoms with Crippen LogP contribution in [0.3, 0.4) is 0 Å². The molecule has 2 unspecified atom stereocenters.